The lowest BCUT2D eigenvalue weighted by Crippen LogP contribution is -2.48. The van der Waals surface area contributed by atoms with Crippen LogP contribution in [0.1, 0.15) is 29.8 Å². The lowest BCUT2D eigenvalue weighted by atomic mass is 10.1. The summed E-state index contributed by atoms with van der Waals surface area (Å²) < 4.78 is 5.67. The molecule has 7 nitrogen and oxygen atoms in total. The van der Waals surface area contributed by atoms with Gasteiger partial charge in [-0.05, 0) is 31.5 Å². The average Bonchev–Trinajstić information content (AvgIpc) is 2.59. The van der Waals surface area contributed by atoms with E-state index >= 15 is 0 Å². The van der Waals surface area contributed by atoms with E-state index in [1.165, 1.54) is 12.4 Å². The van der Waals surface area contributed by atoms with Crippen LogP contribution in [0.3, 0.4) is 0 Å². The van der Waals surface area contributed by atoms with Crippen molar-refractivity contribution in [2.24, 2.45) is 0 Å². The maximum absolute atomic E-state index is 12.6. The van der Waals surface area contributed by atoms with Crippen LogP contribution in [0.2, 0.25) is 0 Å². The number of morpholine rings is 1. The zero-order chi connectivity index (χ0) is 17.8. The van der Waals surface area contributed by atoms with Crippen molar-refractivity contribution in [1.29, 1.82) is 0 Å². The number of hydrogen-bond acceptors (Lipinski definition) is 5. The van der Waals surface area contributed by atoms with Crippen molar-refractivity contribution in [2.75, 3.05) is 18.4 Å². The van der Waals surface area contributed by atoms with E-state index in [1.54, 1.807) is 0 Å². The fourth-order valence-corrected chi connectivity index (χ4v) is 2.95. The van der Waals surface area contributed by atoms with Crippen molar-refractivity contribution >= 4 is 11.7 Å². The van der Waals surface area contributed by atoms with E-state index in [4.69, 9.17) is 4.74 Å². The molecule has 2 unspecified atom stereocenters. The first kappa shape index (κ1) is 17.2. The van der Waals surface area contributed by atoms with Gasteiger partial charge in [-0.25, -0.2) is 4.98 Å². The van der Waals surface area contributed by atoms with E-state index in [-0.39, 0.29) is 23.7 Å². The molecule has 0 aliphatic carbocycles. The molecule has 1 aliphatic rings. The standard InChI is InChI=1S/C18H22N4O3/c1-12-9-22(10-13(2)25-12)18(24)15-5-3-14(4-6-15)8-19-16-7-17(23)21-11-20-16/h3-7,11-13H,8-10H2,1-2H3,(H2,19,20,21,23). The number of rotatable bonds is 4. The molecule has 1 saturated heterocycles. The molecule has 1 aliphatic heterocycles. The van der Waals surface area contributed by atoms with Crippen molar-refractivity contribution in [1.82, 2.24) is 14.9 Å². The molecule has 25 heavy (non-hydrogen) atoms. The minimum absolute atomic E-state index is 0.0257. The number of hydrogen-bond donors (Lipinski definition) is 2. The first-order chi connectivity index (χ1) is 12.0. The molecule has 3 rings (SSSR count). The van der Waals surface area contributed by atoms with Crippen molar-refractivity contribution in [3.8, 4) is 0 Å². The number of carbonyl (C=O) groups is 1. The molecule has 132 valence electrons. The van der Waals surface area contributed by atoms with Crippen molar-refractivity contribution in [3.05, 3.63) is 58.1 Å². The summed E-state index contributed by atoms with van der Waals surface area (Å²) in [6, 6.07) is 8.87. The molecule has 1 fully saturated rings. The van der Waals surface area contributed by atoms with Crippen molar-refractivity contribution < 1.29 is 9.53 Å². The molecule has 1 aromatic heterocycles. The Morgan fingerprint density at radius 2 is 1.96 bits per heavy atom. The third-order valence-electron chi connectivity index (χ3n) is 4.06. The Bertz CT molecular complexity index is 777. The molecule has 0 radical (unpaired) electrons. The Labute approximate surface area is 146 Å². The Hall–Kier alpha value is -2.67. The van der Waals surface area contributed by atoms with Gasteiger partial charge in [-0.3, -0.25) is 9.59 Å². The van der Waals surface area contributed by atoms with Crippen LogP contribution in [0, 0.1) is 0 Å². The maximum atomic E-state index is 12.6. The number of amides is 1. The second kappa shape index (κ2) is 7.48. The summed E-state index contributed by atoms with van der Waals surface area (Å²) in [6.45, 7) is 5.71. The highest BCUT2D eigenvalue weighted by Crippen LogP contribution is 2.15. The van der Waals surface area contributed by atoms with Crippen LogP contribution in [0.15, 0.2) is 41.5 Å². The van der Waals surface area contributed by atoms with Crippen LogP contribution in [-0.2, 0) is 11.3 Å². The second-order valence-corrected chi connectivity index (χ2v) is 6.31. The zero-order valence-electron chi connectivity index (χ0n) is 14.4. The van der Waals surface area contributed by atoms with Gasteiger partial charge < -0.3 is 19.9 Å². The quantitative estimate of drug-likeness (QED) is 0.882. The van der Waals surface area contributed by atoms with Gasteiger partial charge in [0.25, 0.3) is 11.5 Å². The molecule has 0 bridgehead atoms. The van der Waals surface area contributed by atoms with Gasteiger partial charge in [-0.2, -0.15) is 0 Å². The van der Waals surface area contributed by atoms with Crippen LogP contribution >= 0.6 is 0 Å². The molecule has 0 spiro atoms. The summed E-state index contributed by atoms with van der Waals surface area (Å²) in [5, 5.41) is 3.08. The van der Waals surface area contributed by atoms with Crippen LogP contribution in [0.5, 0.6) is 0 Å². The largest absolute Gasteiger partial charge is 0.372 e. The first-order valence-electron chi connectivity index (χ1n) is 8.33. The summed E-state index contributed by atoms with van der Waals surface area (Å²) in [4.78, 5) is 32.2. The molecule has 2 heterocycles. The minimum atomic E-state index is -0.201. The monoisotopic (exact) mass is 342 g/mol. The molecule has 2 atom stereocenters. The van der Waals surface area contributed by atoms with Gasteiger partial charge in [0.05, 0.1) is 18.5 Å². The molecule has 0 saturated carbocycles. The van der Waals surface area contributed by atoms with Crippen LogP contribution < -0.4 is 10.9 Å². The second-order valence-electron chi connectivity index (χ2n) is 6.31. The predicted molar refractivity (Wildman–Crippen MR) is 94.5 cm³/mol. The highest BCUT2D eigenvalue weighted by Gasteiger charge is 2.26. The van der Waals surface area contributed by atoms with Crippen LogP contribution in [-0.4, -0.2) is 46.1 Å². The van der Waals surface area contributed by atoms with E-state index in [9.17, 15) is 9.59 Å². The van der Waals surface area contributed by atoms with Gasteiger partial charge in [0.15, 0.2) is 0 Å². The van der Waals surface area contributed by atoms with E-state index in [2.05, 4.69) is 15.3 Å². The Kier molecular flexibility index (Phi) is 5.14. The van der Waals surface area contributed by atoms with Crippen LogP contribution in [0.25, 0.3) is 0 Å². The first-order valence-corrected chi connectivity index (χ1v) is 8.33. The summed E-state index contributed by atoms with van der Waals surface area (Å²) in [5.41, 5.74) is 1.47. The van der Waals surface area contributed by atoms with Gasteiger partial charge in [-0.1, -0.05) is 12.1 Å². The third kappa shape index (κ3) is 4.45. The number of anilines is 1. The predicted octanol–water partition coefficient (Wildman–Crippen LogP) is 1.63. The number of aromatic nitrogens is 2. The number of nitrogens with one attached hydrogen (secondary N) is 2. The Morgan fingerprint density at radius 3 is 2.60 bits per heavy atom. The summed E-state index contributed by atoms with van der Waals surface area (Å²) >= 11 is 0. The van der Waals surface area contributed by atoms with Gasteiger partial charge >= 0.3 is 0 Å². The number of carbonyl (C=O) groups excluding carboxylic acids is 1. The minimum Gasteiger partial charge on any atom is -0.372 e. The number of ether oxygens (including phenoxy) is 1. The Morgan fingerprint density at radius 1 is 1.28 bits per heavy atom. The van der Waals surface area contributed by atoms with Gasteiger partial charge in [-0.15, -0.1) is 0 Å². The number of H-pyrrole nitrogens is 1. The van der Waals surface area contributed by atoms with Crippen molar-refractivity contribution in [3.63, 3.8) is 0 Å². The molecule has 2 aromatic rings. The van der Waals surface area contributed by atoms with E-state index < -0.39 is 0 Å². The summed E-state index contributed by atoms with van der Waals surface area (Å²) in [7, 11) is 0. The smallest absolute Gasteiger partial charge is 0.254 e. The third-order valence-corrected chi connectivity index (χ3v) is 4.06. The van der Waals surface area contributed by atoms with Gasteiger partial charge in [0.2, 0.25) is 0 Å². The van der Waals surface area contributed by atoms with Gasteiger partial charge in [0.1, 0.15) is 5.82 Å². The van der Waals surface area contributed by atoms with E-state index in [0.29, 0.717) is 31.0 Å². The molecule has 7 heteroatoms. The number of benzene rings is 1. The van der Waals surface area contributed by atoms with Crippen molar-refractivity contribution in [2.45, 2.75) is 32.6 Å². The normalized spacial score (nSPS) is 20.3. The van der Waals surface area contributed by atoms with E-state index in [0.717, 1.165) is 5.56 Å². The summed E-state index contributed by atoms with van der Waals surface area (Å²) in [6.07, 6.45) is 1.46. The molecule has 2 N–H and O–H groups in total. The highest BCUT2D eigenvalue weighted by atomic mass is 16.5. The summed E-state index contributed by atoms with van der Waals surface area (Å²) in [5.74, 6) is 0.540. The number of aromatic amines is 1. The van der Waals surface area contributed by atoms with Crippen LogP contribution in [0.4, 0.5) is 5.82 Å². The SMILES string of the molecule is CC1CN(C(=O)c2ccc(CNc3cc(=O)[nH]cn3)cc2)CC(C)O1. The average molecular weight is 342 g/mol. The highest BCUT2D eigenvalue weighted by molar-refractivity contribution is 5.94. The maximum Gasteiger partial charge on any atom is 0.254 e. The lowest BCUT2D eigenvalue weighted by molar-refractivity contribution is -0.0586. The fraction of sp³-hybridized carbons (Fsp3) is 0.389. The Balaban J connectivity index is 1.61. The fourth-order valence-electron chi connectivity index (χ4n) is 2.95. The molecule has 1 aromatic carbocycles. The topological polar surface area (TPSA) is 87.3 Å². The molecular weight excluding hydrogens is 320 g/mol. The molecule has 1 amide bonds. The lowest BCUT2D eigenvalue weighted by Gasteiger charge is -2.35. The van der Waals surface area contributed by atoms with Gasteiger partial charge in [0, 0.05) is 31.3 Å². The number of nitrogens with zero attached hydrogens (tertiary/aromatic N) is 2. The zero-order valence-corrected chi connectivity index (χ0v) is 14.4. The van der Waals surface area contributed by atoms with E-state index in [1.807, 2.05) is 43.0 Å². The molecular formula is C18H22N4O3.